The predicted octanol–water partition coefficient (Wildman–Crippen LogP) is 3.53. The van der Waals surface area contributed by atoms with Crippen molar-refractivity contribution < 1.29 is 9.53 Å². The van der Waals surface area contributed by atoms with Crippen LogP contribution in [0.4, 0.5) is 5.69 Å². The number of amides is 1. The van der Waals surface area contributed by atoms with Gasteiger partial charge in [-0.3, -0.25) is 4.79 Å². The summed E-state index contributed by atoms with van der Waals surface area (Å²) >= 11 is 1.28. The monoisotopic (exact) mass is 391 g/mol. The predicted molar refractivity (Wildman–Crippen MR) is 109 cm³/mol. The summed E-state index contributed by atoms with van der Waals surface area (Å²) in [6.07, 6.45) is 0. The molecule has 2 aromatic carbocycles. The van der Waals surface area contributed by atoms with E-state index < -0.39 is 0 Å². The van der Waals surface area contributed by atoms with Crippen LogP contribution in [0.25, 0.3) is 16.9 Å². The molecule has 0 unspecified atom stereocenters. The lowest BCUT2D eigenvalue weighted by atomic mass is 10.1. The molecule has 0 atom stereocenters. The van der Waals surface area contributed by atoms with Crippen molar-refractivity contribution in [3.63, 3.8) is 0 Å². The van der Waals surface area contributed by atoms with Crippen molar-refractivity contribution in [2.75, 3.05) is 18.2 Å². The van der Waals surface area contributed by atoms with Crippen LogP contribution in [0.2, 0.25) is 0 Å². The van der Waals surface area contributed by atoms with Crippen LogP contribution in [0.15, 0.2) is 71.9 Å². The average molecular weight is 391 g/mol. The molecule has 0 radical (unpaired) electrons. The molecule has 4 aromatic rings. The molecule has 8 heteroatoms. The van der Waals surface area contributed by atoms with Crippen molar-refractivity contribution in [1.29, 1.82) is 0 Å². The average Bonchev–Trinajstić information content (AvgIpc) is 3.15. The number of para-hydroxylation sites is 2. The molecular weight excluding hydrogens is 374 g/mol. The summed E-state index contributed by atoms with van der Waals surface area (Å²) in [7, 11) is 1.63. The number of anilines is 1. The number of hydrogen-bond acceptors (Lipinski definition) is 6. The molecule has 0 aliphatic heterocycles. The van der Waals surface area contributed by atoms with Crippen LogP contribution in [-0.2, 0) is 4.79 Å². The number of aromatic nitrogens is 4. The van der Waals surface area contributed by atoms with Crippen LogP contribution in [-0.4, -0.2) is 38.6 Å². The molecule has 140 valence electrons. The minimum Gasteiger partial charge on any atom is -0.496 e. The van der Waals surface area contributed by atoms with Crippen LogP contribution in [0.3, 0.4) is 0 Å². The van der Waals surface area contributed by atoms with Gasteiger partial charge in [0, 0.05) is 11.3 Å². The van der Waals surface area contributed by atoms with Gasteiger partial charge in [0.1, 0.15) is 5.75 Å². The Bertz CT molecular complexity index is 1110. The van der Waals surface area contributed by atoms with Crippen molar-refractivity contribution in [3.05, 3.63) is 66.7 Å². The van der Waals surface area contributed by atoms with Crippen molar-refractivity contribution in [3.8, 4) is 17.0 Å². The molecule has 0 spiro atoms. The van der Waals surface area contributed by atoms with Gasteiger partial charge in [-0.1, -0.05) is 42.1 Å². The highest BCUT2D eigenvalue weighted by Crippen LogP contribution is 2.28. The smallest absolute Gasteiger partial charge is 0.234 e. The Kier molecular flexibility index (Phi) is 5.20. The molecule has 28 heavy (non-hydrogen) atoms. The van der Waals surface area contributed by atoms with Gasteiger partial charge >= 0.3 is 0 Å². The number of hydrogen-bond donors (Lipinski definition) is 1. The van der Waals surface area contributed by atoms with Gasteiger partial charge in [0.2, 0.25) is 11.1 Å². The lowest BCUT2D eigenvalue weighted by Gasteiger charge is -2.08. The first-order valence-corrected chi connectivity index (χ1v) is 9.57. The zero-order valence-corrected chi connectivity index (χ0v) is 15.9. The van der Waals surface area contributed by atoms with E-state index in [1.54, 1.807) is 11.6 Å². The summed E-state index contributed by atoms with van der Waals surface area (Å²) in [6.45, 7) is 0. The third-order valence-electron chi connectivity index (χ3n) is 4.01. The van der Waals surface area contributed by atoms with Gasteiger partial charge in [0.05, 0.1) is 18.6 Å². The van der Waals surface area contributed by atoms with Crippen molar-refractivity contribution in [1.82, 2.24) is 19.8 Å². The standard InChI is InChI=1S/C20H17N5O2S/c1-27-17-10-6-5-9-15(17)16-11-12-18-22-23-20(25(18)24-16)28-13-19(26)21-14-7-3-2-4-8-14/h2-12H,13H2,1H3,(H,21,26). The maximum atomic E-state index is 12.2. The molecule has 4 rings (SSSR count). The topological polar surface area (TPSA) is 81.4 Å². The van der Waals surface area contributed by atoms with E-state index >= 15 is 0 Å². The van der Waals surface area contributed by atoms with Gasteiger partial charge in [-0.25, -0.2) is 0 Å². The zero-order chi connectivity index (χ0) is 19.3. The van der Waals surface area contributed by atoms with Gasteiger partial charge in [-0.15, -0.1) is 10.2 Å². The summed E-state index contributed by atoms with van der Waals surface area (Å²) in [5.74, 6) is 0.823. The van der Waals surface area contributed by atoms with E-state index in [2.05, 4.69) is 20.6 Å². The fourth-order valence-corrected chi connectivity index (χ4v) is 3.40. The molecule has 0 saturated heterocycles. The number of rotatable bonds is 6. The minimum absolute atomic E-state index is 0.117. The molecule has 0 bridgehead atoms. The second-order valence-electron chi connectivity index (χ2n) is 5.87. The third-order valence-corrected chi connectivity index (χ3v) is 4.93. The third kappa shape index (κ3) is 3.81. The van der Waals surface area contributed by atoms with Crippen LogP contribution in [0.1, 0.15) is 0 Å². The van der Waals surface area contributed by atoms with Gasteiger partial charge in [-0.2, -0.15) is 9.61 Å². The Morgan fingerprint density at radius 3 is 2.64 bits per heavy atom. The Labute approximate surface area is 165 Å². The van der Waals surface area contributed by atoms with E-state index in [9.17, 15) is 4.79 Å². The highest BCUT2D eigenvalue weighted by Gasteiger charge is 2.13. The van der Waals surface area contributed by atoms with Gasteiger partial charge < -0.3 is 10.1 Å². The number of nitrogens with zero attached hydrogens (tertiary/aromatic N) is 4. The Morgan fingerprint density at radius 2 is 1.82 bits per heavy atom. The molecule has 2 heterocycles. The first-order valence-electron chi connectivity index (χ1n) is 8.58. The maximum absolute atomic E-state index is 12.2. The largest absolute Gasteiger partial charge is 0.496 e. The highest BCUT2D eigenvalue weighted by molar-refractivity contribution is 7.99. The molecule has 0 fully saturated rings. The van der Waals surface area contributed by atoms with Crippen LogP contribution in [0.5, 0.6) is 5.75 Å². The van der Waals surface area contributed by atoms with Crippen molar-refractivity contribution >= 4 is 29.0 Å². The highest BCUT2D eigenvalue weighted by atomic mass is 32.2. The minimum atomic E-state index is -0.117. The fraction of sp³-hybridized carbons (Fsp3) is 0.100. The number of carbonyl (C=O) groups excluding carboxylic acids is 1. The first kappa shape index (κ1) is 18.0. The quantitative estimate of drug-likeness (QED) is 0.507. The SMILES string of the molecule is COc1ccccc1-c1ccc2nnc(SCC(=O)Nc3ccccc3)n2n1. The number of ether oxygens (including phenoxy) is 1. The number of carbonyl (C=O) groups is 1. The molecule has 2 aromatic heterocycles. The van der Waals surface area contributed by atoms with Crippen molar-refractivity contribution in [2.45, 2.75) is 5.16 Å². The molecule has 0 aliphatic carbocycles. The lowest BCUT2D eigenvalue weighted by Crippen LogP contribution is -2.14. The van der Waals surface area contributed by atoms with Crippen LogP contribution >= 0.6 is 11.8 Å². The van der Waals surface area contributed by atoms with Gasteiger partial charge in [-0.05, 0) is 36.4 Å². The van der Waals surface area contributed by atoms with Crippen LogP contribution in [0, 0.1) is 0 Å². The molecule has 7 nitrogen and oxygen atoms in total. The normalized spacial score (nSPS) is 10.8. The summed E-state index contributed by atoms with van der Waals surface area (Å²) in [5, 5.41) is 16.3. The number of thioether (sulfide) groups is 1. The number of fused-ring (bicyclic) bond motifs is 1. The summed E-state index contributed by atoms with van der Waals surface area (Å²) in [4.78, 5) is 12.2. The van der Waals surface area contributed by atoms with E-state index in [1.165, 1.54) is 11.8 Å². The molecular formula is C20H17N5O2S. The molecule has 1 N–H and O–H groups in total. The first-order chi connectivity index (χ1) is 13.7. The number of methoxy groups -OCH3 is 1. The maximum Gasteiger partial charge on any atom is 0.234 e. The fourth-order valence-electron chi connectivity index (χ4n) is 2.71. The van der Waals surface area contributed by atoms with Gasteiger partial charge in [0.15, 0.2) is 5.65 Å². The second kappa shape index (κ2) is 8.10. The van der Waals surface area contributed by atoms with Gasteiger partial charge in [0.25, 0.3) is 0 Å². The van der Waals surface area contributed by atoms with E-state index in [4.69, 9.17) is 4.74 Å². The lowest BCUT2D eigenvalue weighted by molar-refractivity contribution is -0.113. The molecule has 0 saturated carbocycles. The van der Waals surface area contributed by atoms with Crippen molar-refractivity contribution in [2.24, 2.45) is 0 Å². The van der Waals surface area contributed by atoms with E-state index in [0.717, 1.165) is 22.7 Å². The molecule has 0 aliphatic rings. The Hall–Kier alpha value is -3.39. The van der Waals surface area contributed by atoms with E-state index in [0.29, 0.717) is 10.8 Å². The van der Waals surface area contributed by atoms with E-state index in [-0.39, 0.29) is 11.7 Å². The zero-order valence-electron chi connectivity index (χ0n) is 15.1. The Morgan fingerprint density at radius 1 is 1.04 bits per heavy atom. The van der Waals surface area contributed by atoms with E-state index in [1.807, 2.05) is 66.7 Å². The molecule has 1 amide bonds. The van der Waals surface area contributed by atoms with Crippen LogP contribution < -0.4 is 10.1 Å². The Balaban J connectivity index is 1.54. The summed E-state index contributed by atoms with van der Waals surface area (Å²) in [6, 6.07) is 20.7. The summed E-state index contributed by atoms with van der Waals surface area (Å²) < 4.78 is 7.06. The number of nitrogens with one attached hydrogen (secondary N) is 1. The second-order valence-corrected chi connectivity index (χ2v) is 6.82. The summed E-state index contributed by atoms with van der Waals surface area (Å²) in [5.41, 5.74) is 2.99. The number of benzene rings is 2.